The van der Waals surface area contributed by atoms with Crippen LogP contribution >= 0.6 is 11.6 Å². The van der Waals surface area contributed by atoms with Crippen molar-refractivity contribution in [1.29, 1.82) is 5.26 Å². The second kappa shape index (κ2) is 8.26. The van der Waals surface area contributed by atoms with Crippen molar-refractivity contribution in [3.8, 4) is 11.9 Å². The Bertz CT molecular complexity index is 1420. The van der Waals surface area contributed by atoms with Gasteiger partial charge in [0.05, 0.1) is 45.5 Å². The largest absolute Gasteiger partial charge is 0.478 e. The van der Waals surface area contributed by atoms with Crippen LogP contribution in [0.4, 0.5) is 5.69 Å². The standard InChI is InChI=1S/C27H23ClN4O4/c1-26-8-9-27(36-26,10-12-35-20-7-5-17(28)14-31-20)23-21(22(23)26)25(34)32(15-33)19-6-4-16(13-29)24-18(19)3-2-11-30-24/h2-7,11,14-15,21-23H,8-10,12H2,1H3/t21?,22?,23-,26?,27?/m0/s1. The van der Waals surface area contributed by atoms with Gasteiger partial charge in [-0.3, -0.25) is 19.5 Å². The fourth-order valence-electron chi connectivity index (χ4n) is 6.49. The van der Waals surface area contributed by atoms with Crippen LogP contribution in [0.15, 0.2) is 48.8 Å². The molecule has 0 spiro atoms. The minimum atomic E-state index is -0.463. The van der Waals surface area contributed by atoms with Gasteiger partial charge in [0, 0.05) is 42.1 Å². The van der Waals surface area contributed by atoms with Crippen molar-refractivity contribution >= 4 is 40.5 Å². The summed E-state index contributed by atoms with van der Waals surface area (Å²) in [5.41, 5.74) is 0.435. The maximum absolute atomic E-state index is 13.8. The molecule has 4 heterocycles. The molecule has 182 valence electrons. The molecule has 2 aliphatic heterocycles. The maximum Gasteiger partial charge on any atom is 0.237 e. The molecule has 3 aliphatic rings. The number of nitriles is 1. The summed E-state index contributed by atoms with van der Waals surface area (Å²) < 4.78 is 12.4. The van der Waals surface area contributed by atoms with Gasteiger partial charge in [0.25, 0.3) is 0 Å². The summed E-state index contributed by atoms with van der Waals surface area (Å²) in [6, 6.07) is 12.3. The Morgan fingerprint density at radius 3 is 2.89 bits per heavy atom. The number of ether oxygens (including phenoxy) is 2. The third kappa shape index (κ3) is 3.38. The third-order valence-electron chi connectivity index (χ3n) is 8.04. The van der Waals surface area contributed by atoms with Gasteiger partial charge in [0.15, 0.2) is 0 Å². The minimum Gasteiger partial charge on any atom is -0.478 e. The normalized spacial score (nSPS) is 29.4. The summed E-state index contributed by atoms with van der Waals surface area (Å²) in [6.07, 6.45) is 6.03. The SMILES string of the molecule is CC12CCC(CCOc3ccc(Cl)cn3)(O1)[C@H]1C(C(=O)N(C=O)c3ccc(C#N)c4ncccc34)C12. The zero-order valence-corrected chi connectivity index (χ0v) is 20.3. The van der Waals surface area contributed by atoms with Gasteiger partial charge in [0.2, 0.25) is 18.2 Å². The first-order chi connectivity index (χ1) is 17.4. The van der Waals surface area contributed by atoms with E-state index >= 15 is 0 Å². The molecule has 2 saturated heterocycles. The number of imide groups is 1. The van der Waals surface area contributed by atoms with E-state index in [-0.39, 0.29) is 23.7 Å². The molecule has 3 aromatic rings. The molecule has 4 unspecified atom stereocenters. The number of rotatable bonds is 7. The van der Waals surface area contributed by atoms with E-state index < -0.39 is 11.2 Å². The highest BCUT2D eigenvalue weighted by atomic mass is 35.5. The Hall–Kier alpha value is -3.54. The molecular formula is C27H23ClN4O4. The molecule has 1 aromatic carbocycles. The first-order valence-corrected chi connectivity index (χ1v) is 12.3. The van der Waals surface area contributed by atoms with Crippen LogP contribution in [0.25, 0.3) is 10.9 Å². The van der Waals surface area contributed by atoms with Gasteiger partial charge in [-0.25, -0.2) is 4.98 Å². The summed E-state index contributed by atoms with van der Waals surface area (Å²) in [5.74, 6) is 0.0137. The molecule has 2 aromatic heterocycles. The van der Waals surface area contributed by atoms with E-state index in [0.29, 0.717) is 52.5 Å². The molecule has 9 heteroatoms. The summed E-state index contributed by atoms with van der Waals surface area (Å²) in [5, 5.41) is 10.6. The molecular weight excluding hydrogens is 480 g/mol. The van der Waals surface area contributed by atoms with Crippen molar-refractivity contribution in [3.05, 3.63) is 59.4 Å². The molecule has 0 radical (unpaired) electrons. The lowest BCUT2D eigenvalue weighted by Gasteiger charge is -2.30. The van der Waals surface area contributed by atoms with Crippen LogP contribution in [0.2, 0.25) is 5.02 Å². The Balaban J connectivity index is 1.24. The molecule has 8 nitrogen and oxygen atoms in total. The molecule has 5 atom stereocenters. The van der Waals surface area contributed by atoms with Crippen LogP contribution < -0.4 is 9.64 Å². The topological polar surface area (TPSA) is 105 Å². The molecule has 1 saturated carbocycles. The predicted octanol–water partition coefficient (Wildman–Crippen LogP) is 4.30. The molecule has 3 fully saturated rings. The van der Waals surface area contributed by atoms with Crippen molar-refractivity contribution in [2.24, 2.45) is 17.8 Å². The van der Waals surface area contributed by atoms with E-state index in [4.69, 9.17) is 21.1 Å². The highest BCUT2D eigenvalue weighted by Crippen LogP contribution is 2.74. The first kappa shape index (κ1) is 22.9. The monoisotopic (exact) mass is 502 g/mol. The van der Waals surface area contributed by atoms with E-state index in [1.807, 2.05) is 0 Å². The van der Waals surface area contributed by atoms with E-state index in [1.54, 1.807) is 42.6 Å². The number of hydrogen-bond donors (Lipinski definition) is 0. The number of fused-ring (bicyclic) bond motifs is 6. The lowest BCUT2D eigenvalue weighted by molar-refractivity contribution is -0.129. The van der Waals surface area contributed by atoms with Crippen LogP contribution in [0.3, 0.4) is 0 Å². The van der Waals surface area contributed by atoms with Crippen molar-refractivity contribution in [2.75, 3.05) is 11.5 Å². The van der Waals surface area contributed by atoms with Crippen LogP contribution in [0.1, 0.15) is 31.7 Å². The minimum absolute atomic E-state index is 0.0238. The van der Waals surface area contributed by atoms with Crippen molar-refractivity contribution in [2.45, 2.75) is 37.4 Å². The van der Waals surface area contributed by atoms with Gasteiger partial charge >= 0.3 is 0 Å². The number of amides is 2. The van der Waals surface area contributed by atoms with Crippen LogP contribution in [0, 0.1) is 29.1 Å². The number of nitrogens with zero attached hydrogens (tertiary/aromatic N) is 4. The number of halogens is 1. The summed E-state index contributed by atoms with van der Waals surface area (Å²) in [7, 11) is 0. The van der Waals surface area contributed by atoms with E-state index in [9.17, 15) is 14.9 Å². The van der Waals surface area contributed by atoms with E-state index in [1.165, 1.54) is 11.1 Å². The van der Waals surface area contributed by atoms with Gasteiger partial charge in [-0.05, 0) is 50.1 Å². The first-order valence-electron chi connectivity index (χ1n) is 11.9. The fourth-order valence-corrected chi connectivity index (χ4v) is 6.60. The van der Waals surface area contributed by atoms with Crippen LogP contribution in [-0.2, 0) is 14.3 Å². The molecule has 2 amide bonds. The van der Waals surface area contributed by atoms with Gasteiger partial charge in [-0.15, -0.1) is 0 Å². The Kier molecular flexibility index (Phi) is 5.25. The number of pyridine rings is 2. The van der Waals surface area contributed by atoms with Crippen molar-refractivity contribution in [3.63, 3.8) is 0 Å². The summed E-state index contributed by atoms with van der Waals surface area (Å²) in [6.45, 7) is 2.47. The molecule has 36 heavy (non-hydrogen) atoms. The average molecular weight is 503 g/mol. The highest BCUT2D eigenvalue weighted by molar-refractivity contribution is 6.30. The average Bonchev–Trinajstić information content (AvgIpc) is 3.52. The zero-order chi connectivity index (χ0) is 25.1. The lowest BCUT2D eigenvalue weighted by Crippen LogP contribution is -2.39. The Labute approximate surface area is 212 Å². The highest BCUT2D eigenvalue weighted by Gasteiger charge is 2.80. The molecule has 1 aliphatic carbocycles. The van der Waals surface area contributed by atoms with Crippen molar-refractivity contribution < 1.29 is 19.1 Å². The zero-order valence-electron chi connectivity index (χ0n) is 19.6. The number of aromatic nitrogens is 2. The number of carbonyl (C=O) groups is 2. The second-order valence-electron chi connectivity index (χ2n) is 9.93. The molecule has 2 bridgehead atoms. The van der Waals surface area contributed by atoms with Gasteiger partial charge in [-0.2, -0.15) is 5.26 Å². The summed E-state index contributed by atoms with van der Waals surface area (Å²) >= 11 is 5.90. The Morgan fingerprint density at radius 2 is 2.14 bits per heavy atom. The van der Waals surface area contributed by atoms with E-state index in [0.717, 1.165) is 12.8 Å². The van der Waals surface area contributed by atoms with Gasteiger partial charge in [0.1, 0.15) is 6.07 Å². The third-order valence-corrected chi connectivity index (χ3v) is 8.27. The maximum atomic E-state index is 13.8. The van der Waals surface area contributed by atoms with E-state index in [2.05, 4.69) is 23.0 Å². The van der Waals surface area contributed by atoms with Crippen LogP contribution in [0.5, 0.6) is 5.88 Å². The molecule has 6 rings (SSSR count). The van der Waals surface area contributed by atoms with Crippen LogP contribution in [-0.4, -0.2) is 40.1 Å². The summed E-state index contributed by atoms with van der Waals surface area (Å²) in [4.78, 5) is 35.7. The molecule has 0 N–H and O–H groups in total. The second-order valence-corrected chi connectivity index (χ2v) is 10.4. The number of hydrogen-bond acceptors (Lipinski definition) is 7. The smallest absolute Gasteiger partial charge is 0.237 e. The quantitative estimate of drug-likeness (QED) is 0.443. The lowest BCUT2D eigenvalue weighted by atomic mass is 9.81. The Morgan fingerprint density at radius 1 is 1.28 bits per heavy atom. The van der Waals surface area contributed by atoms with Gasteiger partial charge in [-0.1, -0.05) is 11.6 Å². The van der Waals surface area contributed by atoms with Crippen molar-refractivity contribution in [1.82, 2.24) is 9.97 Å². The predicted molar refractivity (Wildman–Crippen MR) is 131 cm³/mol. The number of carbonyl (C=O) groups excluding carboxylic acids is 2. The number of anilines is 1. The van der Waals surface area contributed by atoms with Gasteiger partial charge < -0.3 is 9.47 Å². The number of benzene rings is 1. The fraction of sp³-hybridized carbons (Fsp3) is 0.370.